The summed E-state index contributed by atoms with van der Waals surface area (Å²) in [6.07, 6.45) is 15.6. The summed E-state index contributed by atoms with van der Waals surface area (Å²) in [6, 6.07) is 4.75. The lowest BCUT2D eigenvalue weighted by molar-refractivity contribution is 0.392. The first kappa shape index (κ1) is 17.8. The monoisotopic (exact) mass is 328 g/mol. The first-order valence-corrected chi connectivity index (χ1v) is 10.6. The quantitative estimate of drug-likeness (QED) is 0.597. The van der Waals surface area contributed by atoms with Crippen molar-refractivity contribution >= 4 is 0 Å². The van der Waals surface area contributed by atoms with Crippen molar-refractivity contribution in [1.82, 2.24) is 0 Å². The fourth-order valence-electron chi connectivity index (χ4n) is 5.04. The summed E-state index contributed by atoms with van der Waals surface area (Å²) in [6.45, 7) is 4.65. The van der Waals surface area contributed by atoms with E-state index in [0.717, 1.165) is 0 Å². The average molecular weight is 329 g/mol. The molecule has 0 bridgehead atoms. The zero-order valence-corrected chi connectivity index (χ0v) is 15.8. The molecule has 134 valence electrons. The molecule has 1 unspecified atom stereocenters. The predicted molar refractivity (Wildman–Crippen MR) is 103 cm³/mol. The molecule has 1 heteroatoms. The van der Waals surface area contributed by atoms with Crippen LogP contribution in [0.3, 0.4) is 0 Å². The van der Waals surface area contributed by atoms with Crippen molar-refractivity contribution < 1.29 is 5.11 Å². The molecule has 0 aromatic heterocycles. The van der Waals surface area contributed by atoms with Crippen LogP contribution in [-0.2, 0) is 0 Å². The molecule has 3 rings (SSSR count). The van der Waals surface area contributed by atoms with Crippen LogP contribution in [0.25, 0.3) is 0 Å². The van der Waals surface area contributed by atoms with Gasteiger partial charge in [0, 0.05) is 0 Å². The molecule has 2 aliphatic carbocycles. The smallest absolute Gasteiger partial charge is 0.122 e. The van der Waals surface area contributed by atoms with E-state index in [4.69, 9.17) is 0 Å². The minimum absolute atomic E-state index is 0.592. The standard InChI is InChI=1S/C23H36O/c1-3-10-17(2)20-15-21(18-11-6-4-7-12-18)23(24)22(16-20)19-13-8-5-9-14-19/h15-19,24H,3-14H2,1-2H3. The number of phenols is 1. The Morgan fingerprint density at radius 2 is 1.33 bits per heavy atom. The third kappa shape index (κ3) is 3.98. The van der Waals surface area contributed by atoms with Gasteiger partial charge in [0.05, 0.1) is 0 Å². The maximum atomic E-state index is 11.1. The molecular formula is C23H36O. The van der Waals surface area contributed by atoms with Gasteiger partial charge >= 0.3 is 0 Å². The number of hydrogen-bond donors (Lipinski definition) is 1. The summed E-state index contributed by atoms with van der Waals surface area (Å²) < 4.78 is 0. The Hall–Kier alpha value is -0.980. The van der Waals surface area contributed by atoms with Gasteiger partial charge in [-0.05, 0) is 66.5 Å². The van der Waals surface area contributed by atoms with Crippen LogP contribution in [0, 0.1) is 0 Å². The van der Waals surface area contributed by atoms with Gasteiger partial charge in [0.2, 0.25) is 0 Å². The molecule has 0 heterocycles. The Labute approximate surface area is 148 Å². The van der Waals surface area contributed by atoms with Gasteiger partial charge in [-0.1, -0.05) is 70.9 Å². The van der Waals surface area contributed by atoms with Gasteiger partial charge in [0.1, 0.15) is 5.75 Å². The van der Waals surface area contributed by atoms with Crippen molar-refractivity contribution in [3.05, 3.63) is 28.8 Å². The number of benzene rings is 1. The summed E-state index contributed by atoms with van der Waals surface area (Å²) in [4.78, 5) is 0. The molecule has 0 saturated heterocycles. The number of rotatable bonds is 5. The van der Waals surface area contributed by atoms with E-state index in [1.165, 1.54) is 93.7 Å². The lowest BCUT2D eigenvalue weighted by Crippen LogP contribution is -2.11. The second-order valence-corrected chi connectivity index (χ2v) is 8.41. The largest absolute Gasteiger partial charge is 0.507 e. The molecule has 1 nitrogen and oxygen atoms in total. The SMILES string of the molecule is CCCC(C)c1cc(C2CCCCC2)c(O)c(C2CCCCC2)c1. The van der Waals surface area contributed by atoms with Gasteiger partial charge in [-0.15, -0.1) is 0 Å². The van der Waals surface area contributed by atoms with E-state index in [1.807, 2.05) is 0 Å². The maximum absolute atomic E-state index is 11.1. The van der Waals surface area contributed by atoms with E-state index in [9.17, 15) is 5.11 Å². The maximum Gasteiger partial charge on any atom is 0.122 e. The number of aromatic hydroxyl groups is 1. The molecule has 0 aliphatic heterocycles. The second kappa shape index (κ2) is 8.41. The number of hydrogen-bond acceptors (Lipinski definition) is 1. The highest BCUT2D eigenvalue weighted by atomic mass is 16.3. The van der Waals surface area contributed by atoms with E-state index >= 15 is 0 Å². The average Bonchev–Trinajstić information content (AvgIpc) is 2.63. The Bertz CT molecular complexity index is 482. The zero-order valence-electron chi connectivity index (χ0n) is 15.8. The normalized spacial score (nSPS) is 21.8. The van der Waals surface area contributed by atoms with Gasteiger partial charge < -0.3 is 5.11 Å². The first-order valence-electron chi connectivity index (χ1n) is 10.6. The Morgan fingerprint density at radius 1 is 0.875 bits per heavy atom. The molecule has 0 radical (unpaired) electrons. The van der Waals surface area contributed by atoms with Crippen LogP contribution in [0.5, 0.6) is 5.75 Å². The summed E-state index contributed by atoms with van der Waals surface area (Å²) in [5.41, 5.74) is 4.06. The Morgan fingerprint density at radius 3 is 1.75 bits per heavy atom. The van der Waals surface area contributed by atoms with Crippen molar-refractivity contribution in [1.29, 1.82) is 0 Å². The second-order valence-electron chi connectivity index (χ2n) is 8.41. The van der Waals surface area contributed by atoms with Crippen LogP contribution in [0.2, 0.25) is 0 Å². The minimum atomic E-state index is 0.592. The lowest BCUT2D eigenvalue weighted by atomic mass is 9.77. The Balaban J connectivity index is 1.97. The van der Waals surface area contributed by atoms with E-state index in [-0.39, 0.29) is 0 Å². The van der Waals surface area contributed by atoms with Crippen molar-refractivity contribution in [2.75, 3.05) is 0 Å². The highest BCUT2D eigenvalue weighted by Crippen LogP contribution is 2.45. The summed E-state index contributed by atoms with van der Waals surface area (Å²) in [5.74, 6) is 2.46. The molecular weight excluding hydrogens is 292 g/mol. The zero-order chi connectivity index (χ0) is 16.9. The Kier molecular flexibility index (Phi) is 6.25. The molecule has 24 heavy (non-hydrogen) atoms. The fourth-order valence-corrected chi connectivity index (χ4v) is 5.04. The van der Waals surface area contributed by atoms with Crippen LogP contribution in [0.15, 0.2) is 12.1 Å². The van der Waals surface area contributed by atoms with E-state index in [0.29, 0.717) is 23.5 Å². The van der Waals surface area contributed by atoms with Crippen molar-refractivity contribution in [3.8, 4) is 5.75 Å². The van der Waals surface area contributed by atoms with E-state index in [1.54, 1.807) is 0 Å². The molecule has 2 saturated carbocycles. The van der Waals surface area contributed by atoms with Gasteiger partial charge in [-0.2, -0.15) is 0 Å². The van der Waals surface area contributed by atoms with Gasteiger partial charge in [0.25, 0.3) is 0 Å². The molecule has 0 spiro atoms. The van der Waals surface area contributed by atoms with Crippen LogP contribution < -0.4 is 0 Å². The highest BCUT2D eigenvalue weighted by molar-refractivity contribution is 5.48. The molecule has 1 aromatic rings. The molecule has 2 aliphatic rings. The van der Waals surface area contributed by atoms with E-state index < -0.39 is 0 Å². The van der Waals surface area contributed by atoms with Crippen molar-refractivity contribution in [3.63, 3.8) is 0 Å². The predicted octanol–water partition coefficient (Wildman–Crippen LogP) is 7.39. The molecule has 0 amide bonds. The van der Waals surface area contributed by atoms with Gasteiger partial charge in [0.15, 0.2) is 0 Å². The fraction of sp³-hybridized carbons (Fsp3) is 0.739. The third-order valence-corrected chi connectivity index (χ3v) is 6.57. The third-order valence-electron chi connectivity index (χ3n) is 6.57. The number of phenolic OH excluding ortho intramolecular Hbond substituents is 1. The molecule has 2 fully saturated rings. The lowest BCUT2D eigenvalue weighted by Gasteiger charge is -2.29. The van der Waals surface area contributed by atoms with Crippen molar-refractivity contribution in [2.45, 2.75) is 109 Å². The van der Waals surface area contributed by atoms with Crippen LogP contribution in [0.4, 0.5) is 0 Å². The summed E-state index contributed by atoms with van der Waals surface area (Å²) >= 11 is 0. The summed E-state index contributed by atoms with van der Waals surface area (Å²) in [7, 11) is 0. The highest BCUT2D eigenvalue weighted by Gasteiger charge is 2.26. The van der Waals surface area contributed by atoms with Gasteiger partial charge in [-0.3, -0.25) is 0 Å². The molecule has 1 atom stereocenters. The van der Waals surface area contributed by atoms with Crippen LogP contribution >= 0.6 is 0 Å². The molecule has 1 aromatic carbocycles. The van der Waals surface area contributed by atoms with Crippen LogP contribution in [0.1, 0.15) is 125 Å². The summed E-state index contributed by atoms with van der Waals surface area (Å²) in [5, 5.41) is 11.1. The van der Waals surface area contributed by atoms with Crippen molar-refractivity contribution in [2.24, 2.45) is 0 Å². The minimum Gasteiger partial charge on any atom is -0.507 e. The van der Waals surface area contributed by atoms with Crippen LogP contribution in [-0.4, -0.2) is 5.11 Å². The first-order chi connectivity index (χ1) is 11.7. The van der Waals surface area contributed by atoms with E-state index in [2.05, 4.69) is 26.0 Å². The topological polar surface area (TPSA) is 20.2 Å². The molecule has 1 N–H and O–H groups in total. The van der Waals surface area contributed by atoms with Gasteiger partial charge in [-0.25, -0.2) is 0 Å².